The second kappa shape index (κ2) is 7.79. The van der Waals surface area contributed by atoms with Crippen molar-refractivity contribution in [2.24, 2.45) is 0 Å². The molecule has 1 fully saturated rings. The Labute approximate surface area is 142 Å². The Morgan fingerprint density at radius 2 is 1.88 bits per heavy atom. The molecule has 1 heterocycles. The predicted octanol–water partition coefficient (Wildman–Crippen LogP) is 3.43. The smallest absolute Gasteiger partial charge is 0.185 e. The number of methoxy groups -OCH3 is 1. The molecule has 0 bridgehead atoms. The third-order valence-electron chi connectivity index (χ3n) is 4.05. The normalized spacial score (nSPS) is 14.8. The molecule has 0 atom stereocenters. The van der Waals surface area contributed by atoms with E-state index >= 15 is 0 Å². The van der Waals surface area contributed by atoms with Crippen molar-refractivity contribution >= 4 is 17.5 Å². The molecule has 0 aromatic heterocycles. The Balaban J connectivity index is 1.66. The SMILES string of the molecule is COc1cccc(C(=O)/C=C/c2ccc(N3CCOCC3)cc2)c1. The van der Waals surface area contributed by atoms with Crippen molar-refractivity contribution in [1.29, 1.82) is 0 Å². The van der Waals surface area contributed by atoms with Gasteiger partial charge >= 0.3 is 0 Å². The van der Waals surface area contributed by atoms with Crippen molar-refractivity contribution in [2.75, 3.05) is 38.3 Å². The number of rotatable bonds is 5. The van der Waals surface area contributed by atoms with Gasteiger partial charge in [-0.3, -0.25) is 4.79 Å². The molecule has 0 unspecified atom stereocenters. The summed E-state index contributed by atoms with van der Waals surface area (Å²) in [6.45, 7) is 3.39. The zero-order valence-electron chi connectivity index (χ0n) is 13.8. The van der Waals surface area contributed by atoms with E-state index in [0.29, 0.717) is 11.3 Å². The fourth-order valence-electron chi connectivity index (χ4n) is 2.66. The minimum atomic E-state index is -0.0360. The van der Waals surface area contributed by atoms with E-state index in [0.717, 1.165) is 31.9 Å². The van der Waals surface area contributed by atoms with Crippen LogP contribution in [0.3, 0.4) is 0 Å². The third-order valence-corrected chi connectivity index (χ3v) is 4.05. The Hall–Kier alpha value is -2.59. The highest BCUT2D eigenvalue weighted by Crippen LogP contribution is 2.18. The van der Waals surface area contributed by atoms with Crippen molar-refractivity contribution in [2.45, 2.75) is 0 Å². The topological polar surface area (TPSA) is 38.8 Å². The molecule has 1 aliphatic rings. The molecular weight excluding hydrogens is 302 g/mol. The largest absolute Gasteiger partial charge is 0.497 e. The minimum absolute atomic E-state index is 0.0360. The van der Waals surface area contributed by atoms with Gasteiger partial charge in [-0.2, -0.15) is 0 Å². The number of carbonyl (C=O) groups is 1. The monoisotopic (exact) mass is 323 g/mol. The second-order valence-electron chi connectivity index (χ2n) is 5.62. The number of carbonyl (C=O) groups excluding carboxylic acids is 1. The van der Waals surface area contributed by atoms with Crippen molar-refractivity contribution < 1.29 is 14.3 Å². The van der Waals surface area contributed by atoms with Gasteiger partial charge in [-0.15, -0.1) is 0 Å². The maximum absolute atomic E-state index is 12.2. The molecule has 0 radical (unpaired) electrons. The highest BCUT2D eigenvalue weighted by atomic mass is 16.5. The highest BCUT2D eigenvalue weighted by Gasteiger charge is 2.10. The molecule has 4 nitrogen and oxygen atoms in total. The maximum Gasteiger partial charge on any atom is 0.185 e. The number of hydrogen-bond donors (Lipinski definition) is 0. The lowest BCUT2D eigenvalue weighted by atomic mass is 10.1. The van der Waals surface area contributed by atoms with Crippen molar-refractivity contribution in [1.82, 2.24) is 0 Å². The number of benzene rings is 2. The van der Waals surface area contributed by atoms with E-state index in [1.54, 1.807) is 25.3 Å². The molecule has 124 valence electrons. The summed E-state index contributed by atoms with van der Waals surface area (Å²) < 4.78 is 10.5. The van der Waals surface area contributed by atoms with Crippen molar-refractivity contribution in [3.8, 4) is 5.75 Å². The van der Waals surface area contributed by atoms with E-state index in [4.69, 9.17) is 9.47 Å². The molecule has 0 amide bonds. The average Bonchev–Trinajstić information content (AvgIpc) is 2.67. The lowest BCUT2D eigenvalue weighted by Crippen LogP contribution is -2.36. The van der Waals surface area contributed by atoms with E-state index in [1.165, 1.54) is 5.69 Å². The van der Waals surface area contributed by atoms with E-state index in [1.807, 2.05) is 30.3 Å². The van der Waals surface area contributed by atoms with Gasteiger partial charge in [0.15, 0.2) is 5.78 Å². The standard InChI is InChI=1S/C20H21NO3/c1-23-19-4-2-3-17(15-19)20(22)10-7-16-5-8-18(9-6-16)21-11-13-24-14-12-21/h2-10,15H,11-14H2,1H3/b10-7+. The third kappa shape index (κ3) is 4.03. The Morgan fingerprint density at radius 1 is 1.12 bits per heavy atom. The van der Waals surface area contributed by atoms with Crippen molar-refractivity contribution in [3.63, 3.8) is 0 Å². The Bertz CT molecular complexity index is 716. The summed E-state index contributed by atoms with van der Waals surface area (Å²) in [6.07, 6.45) is 3.43. The van der Waals surface area contributed by atoms with E-state index in [9.17, 15) is 4.79 Å². The van der Waals surface area contributed by atoms with Crippen LogP contribution < -0.4 is 9.64 Å². The number of morpholine rings is 1. The summed E-state index contributed by atoms with van der Waals surface area (Å²) in [5.41, 5.74) is 2.81. The van der Waals surface area contributed by atoms with E-state index in [2.05, 4.69) is 17.0 Å². The van der Waals surface area contributed by atoms with Crippen LogP contribution in [0.4, 0.5) is 5.69 Å². The van der Waals surface area contributed by atoms with Gasteiger partial charge in [0.25, 0.3) is 0 Å². The average molecular weight is 323 g/mol. The molecule has 3 rings (SSSR count). The molecule has 2 aromatic rings. The fourth-order valence-corrected chi connectivity index (χ4v) is 2.66. The molecule has 0 N–H and O–H groups in total. The number of anilines is 1. The first-order chi connectivity index (χ1) is 11.8. The van der Waals surface area contributed by atoms with Crippen LogP contribution >= 0.6 is 0 Å². The molecular formula is C20H21NO3. The van der Waals surface area contributed by atoms with Crippen LogP contribution in [0, 0.1) is 0 Å². The first kappa shape index (κ1) is 16.3. The zero-order valence-corrected chi connectivity index (χ0v) is 13.8. The van der Waals surface area contributed by atoms with Crippen LogP contribution in [-0.2, 0) is 4.74 Å². The molecule has 1 saturated heterocycles. The van der Waals surface area contributed by atoms with Gasteiger partial charge in [-0.25, -0.2) is 0 Å². The summed E-state index contributed by atoms with van der Waals surface area (Å²) in [4.78, 5) is 14.5. The highest BCUT2D eigenvalue weighted by molar-refractivity contribution is 6.07. The molecule has 2 aromatic carbocycles. The zero-order chi connectivity index (χ0) is 16.8. The number of ether oxygens (including phenoxy) is 2. The first-order valence-electron chi connectivity index (χ1n) is 8.05. The molecule has 1 aliphatic heterocycles. The summed E-state index contributed by atoms with van der Waals surface area (Å²) in [7, 11) is 1.59. The van der Waals surface area contributed by atoms with Crippen molar-refractivity contribution in [3.05, 3.63) is 65.7 Å². The number of hydrogen-bond acceptors (Lipinski definition) is 4. The number of nitrogens with zero attached hydrogens (tertiary/aromatic N) is 1. The molecule has 0 spiro atoms. The first-order valence-corrected chi connectivity index (χ1v) is 8.05. The van der Waals surface area contributed by atoms with Gasteiger partial charge in [0.1, 0.15) is 5.75 Å². The summed E-state index contributed by atoms with van der Waals surface area (Å²) >= 11 is 0. The summed E-state index contributed by atoms with van der Waals surface area (Å²) in [6, 6.07) is 15.4. The van der Waals surface area contributed by atoms with Crippen LogP contribution in [0.25, 0.3) is 6.08 Å². The van der Waals surface area contributed by atoms with Gasteiger partial charge < -0.3 is 14.4 Å². The van der Waals surface area contributed by atoms with Crippen LogP contribution in [0.1, 0.15) is 15.9 Å². The van der Waals surface area contributed by atoms with Gasteiger partial charge in [0, 0.05) is 24.3 Å². The van der Waals surface area contributed by atoms with Gasteiger partial charge in [0.2, 0.25) is 0 Å². The van der Waals surface area contributed by atoms with Crippen LogP contribution in [0.15, 0.2) is 54.6 Å². The maximum atomic E-state index is 12.2. The second-order valence-corrected chi connectivity index (χ2v) is 5.62. The minimum Gasteiger partial charge on any atom is -0.497 e. The molecule has 0 aliphatic carbocycles. The van der Waals surface area contributed by atoms with Gasteiger partial charge in [0.05, 0.1) is 20.3 Å². The summed E-state index contributed by atoms with van der Waals surface area (Å²) in [5, 5.41) is 0. The lowest BCUT2D eigenvalue weighted by Gasteiger charge is -2.28. The summed E-state index contributed by atoms with van der Waals surface area (Å²) in [5.74, 6) is 0.648. The molecule has 0 saturated carbocycles. The van der Waals surface area contributed by atoms with Gasteiger partial charge in [-0.1, -0.05) is 30.3 Å². The van der Waals surface area contributed by atoms with Crippen LogP contribution in [-0.4, -0.2) is 39.2 Å². The fraction of sp³-hybridized carbons (Fsp3) is 0.250. The van der Waals surface area contributed by atoms with E-state index < -0.39 is 0 Å². The molecule has 4 heteroatoms. The number of ketones is 1. The number of allylic oxidation sites excluding steroid dienone is 1. The quantitative estimate of drug-likeness (QED) is 0.624. The molecule has 24 heavy (non-hydrogen) atoms. The Morgan fingerprint density at radius 3 is 2.58 bits per heavy atom. The van der Waals surface area contributed by atoms with Crippen LogP contribution in [0.5, 0.6) is 5.75 Å². The van der Waals surface area contributed by atoms with E-state index in [-0.39, 0.29) is 5.78 Å². The Kier molecular flexibility index (Phi) is 5.29. The lowest BCUT2D eigenvalue weighted by molar-refractivity contribution is 0.104. The predicted molar refractivity (Wildman–Crippen MR) is 95.8 cm³/mol. The van der Waals surface area contributed by atoms with Crippen LogP contribution in [0.2, 0.25) is 0 Å². The van der Waals surface area contributed by atoms with Gasteiger partial charge in [-0.05, 0) is 35.9 Å².